The first-order valence-electron chi connectivity index (χ1n) is 9.59. The Labute approximate surface area is 176 Å². The molecule has 4 rings (SSSR count). The van der Waals surface area contributed by atoms with Gasteiger partial charge in [0.15, 0.2) is 5.65 Å². The van der Waals surface area contributed by atoms with Gasteiger partial charge in [0.1, 0.15) is 6.54 Å². The van der Waals surface area contributed by atoms with Crippen LogP contribution in [0, 0.1) is 13.8 Å². The molecule has 0 aliphatic carbocycles. The molecule has 0 aliphatic rings. The van der Waals surface area contributed by atoms with Crippen LogP contribution in [0.4, 0.5) is 18.9 Å². The third-order valence-corrected chi connectivity index (χ3v) is 4.88. The van der Waals surface area contributed by atoms with E-state index in [0.29, 0.717) is 5.69 Å². The van der Waals surface area contributed by atoms with Crippen LogP contribution < -0.4 is 5.32 Å². The van der Waals surface area contributed by atoms with Gasteiger partial charge in [0.05, 0.1) is 16.6 Å². The quantitative estimate of drug-likeness (QED) is 0.479. The lowest BCUT2D eigenvalue weighted by Gasteiger charge is -2.10. The molecule has 5 nitrogen and oxygen atoms in total. The van der Waals surface area contributed by atoms with E-state index < -0.39 is 17.6 Å². The lowest BCUT2D eigenvalue weighted by atomic mass is 10.1. The molecule has 0 unspecified atom stereocenters. The van der Waals surface area contributed by atoms with Crippen molar-refractivity contribution in [2.45, 2.75) is 26.6 Å². The molecule has 31 heavy (non-hydrogen) atoms. The van der Waals surface area contributed by atoms with Crippen LogP contribution in [0.15, 0.2) is 60.7 Å². The Bertz CT molecular complexity index is 1250. The predicted octanol–water partition coefficient (Wildman–Crippen LogP) is 5.37. The smallest absolute Gasteiger partial charge is 0.324 e. The lowest BCUT2D eigenvalue weighted by molar-refractivity contribution is -0.136. The van der Waals surface area contributed by atoms with Crippen LogP contribution in [0.25, 0.3) is 22.2 Å². The molecular formula is C23H19F3N4O. The van der Waals surface area contributed by atoms with E-state index in [1.807, 2.05) is 42.5 Å². The third-order valence-electron chi connectivity index (χ3n) is 4.88. The van der Waals surface area contributed by atoms with Crippen molar-refractivity contribution in [3.63, 3.8) is 0 Å². The molecule has 158 valence electrons. The maximum absolute atomic E-state index is 13.4. The van der Waals surface area contributed by atoms with Crippen molar-refractivity contribution in [1.82, 2.24) is 14.8 Å². The monoisotopic (exact) mass is 424 g/mol. The van der Waals surface area contributed by atoms with Gasteiger partial charge in [0.2, 0.25) is 5.91 Å². The molecule has 1 N–H and O–H groups in total. The van der Waals surface area contributed by atoms with Gasteiger partial charge >= 0.3 is 6.18 Å². The molecule has 0 fully saturated rings. The van der Waals surface area contributed by atoms with Crippen LogP contribution in [0.5, 0.6) is 0 Å². The first-order valence-corrected chi connectivity index (χ1v) is 9.59. The summed E-state index contributed by atoms with van der Waals surface area (Å²) in [5.74, 6) is -0.409. The first kappa shape index (κ1) is 20.6. The van der Waals surface area contributed by atoms with Crippen LogP contribution in [-0.2, 0) is 17.5 Å². The molecule has 0 aliphatic heterocycles. The molecule has 0 bridgehead atoms. The van der Waals surface area contributed by atoms with E-state index in [0.717, 1.165) is 17.2 Å². The highest BCUT2D eigenvalue weighted by atomic mass is 19.4. The average Bonchev–Trinajstić information content (AvgIpc) is 3.02. The summed E-state index contributed by atoms with van der Waals surface area (Å²) < 4.78 is 41.6. The van der Waals surface area contributed by atoms with Crippen LogP contribution >= 0.6 is 0 Å². The number of carbonyl (C=O) groups is 1. The number of hydrogen-bond acceptors (Lipinski definition) is 3. The summed E-state index contributed by atoms with van der Waals surface area (Å²) >= 11 is 0. The molecule has 0 spiro atoms. The number of anilines is 1. The Morgan fingerprint density at radius 1 is 1.00 bits per heavy atom. The summed E-state index contributed by atoms with van der Waals surface area (Å²) in [7, 11) is 0. The van der Waals surface area contributed by atoms with E-state index in [-0.39, 0.29) is 29.0 Å². The SMILES string of the molecule is Cc1cc(C(F)(F)F)c2c(C)nn(CC(=O)Nc3ccc(-c4ccccc4)cc3)c2n1. The number of carbonyl (C=O) groups excluding carboxylic acids is 1. The maximum Gasteiger partial charge on any atom is 0.417 e. The second-order valence-corrected chi connectivity index (χ2v) is 7.24. The fraction of sp³-hybridized carbons (Fsp3) is 0.174. The van der Waals surface area contributed by atoms with E-state index in [2.05, 4.69) is 15.4 Å². The van der Waals surface area contributed by atoms with Gasteiger partial charge in [-0.2, -0.15) is 18.3 Å². The molecule has 4 aromatic rings. The topological polar surface area (TPSA) is 59.8 Å². The van der Waals surface area contributed by atoms with Gasteiger partial charge in [-0.3, -0.25) is 4.79 Å². The normalized spacial score (nSPS) is 11.6. The number of fused-ring (bicyclic) bond motifs is 1. The van der Waals surface area contributed by atoms with Gasteiger partial charge in [-0.1, -0.05) is 42.5 Å². The number of aromatic nitrogens is 3. The largest absolute Gasteiger partial charge is 0.417 e. The summed E-state index contributed by atoms with van der Waals surface area (Å²) in [5.41, 5.74) is 2.27. The molecule has 0 radical (unpaired) electrons. The minimum atomic E-state index is -4.53. The van der Waals surface area contributed by atoms with Crippen molar-refractivity contribution in [3.8, 4) is 11.1 Å². The molecule has 2 heterocycles. The predicted molar refractivity (Wildman–Crippen MR) is 113 cm³/mol. The molecule has 1 amide bonds. The fourth-order valence-corrected chi connectivity index (χ4v) is 3.53. The Hall–Kier alpha value is -3.68. The van der Waals surface area contributed by atoms with Crippen LogP contribution in [0.3, 0.4) is 0 Å². The molecule has 0 saturated heterocycles. The zero-order valence-electron chi connectivity index (χ0n) is 16.9. The van der Waals surface area contributed by atoms with Crippen LogP contribution in [-0.4, -0.2) is 20.7 Å². The second kappa shape index (κ2) is 7.86. The zero-order chi connectivity index (χ0) is 22.2. The molecule has 2 aromatic heterocycles. The van der Waals surface area contributed by atoms with Gasteiger partial charge in [0, 0.05) is 11.4 Å². The summed E-state index contributed by atoms with van der Waals surface area (Å²) in [5, 5.41) is 6.80. The molecule has 0 saturated carbocycles. The molecule has 0 atom stereocenters. The van der Waals surface area contributed by atoms with Crippen molar-refractivity contribution >= 4 is 22.6 Å². The Morgan fingerprint density at radius 3 is 2.29 bits per heavy atom. The Kier molecular flexibility index (Phi) is 5.22. The van der Waals surface area contributed by atoms with Gasteiger partial charge < -0.3 is 5.32 Å². The van der Waals surface area contributed by atoms with Crippen molar-refractivity contribution in [3.05, 3.63) is 77.6 Å². The van der Waals surface area contributed by atoms with E-state index in [9.17, 15) is 18.0 Å². The number of benzene rings is 2. The fourth-order valence-electron chi connectivity index (χ4n) is 3.53. The number of hydrogen-bond donors (Lipinski definition) is 1. The molecule has 2 aromatic carbocycles. The van der Waals surface area contributed by atoms with Crippen molar-refractivity contribution in [1.29, 1.82) is 0 Å². The maximum atomic E-state index is 13.4. The van der Waals surface area contributed by atoms with E-state index in [4.69, 9.17) is 0 Å². The van der Waals surface area contributed by atoms with E-state index in [1.165, 1.54) is 18.5 Å². The summed E-state index contributed by atoms with van der Waals surface area (Å²) in [6.07, 6.45) is -4.53. The Balaban J connectivity index is 1.56. The van der Waals surface area contributed by atoms with Gasteiger partial charge in [-0.25, -0.2) is 9.67 Å². The summed E-state index contributed by atoms with van der Waals surface area (Å²) in [6, 6.07) is 18.1. The van der Waals surface area contributed by atoms with Crippen LogP contribution in [0.2, 0.25) is 0 Å². The minimum Gasteiger partial charge on any atom is -0.324 e. The van der Waals surface area contributed by atoms with Gasteiger partial charge in [0.25, 0.3) is 0 Å². The van der Waals surface area contributed by atoms with E-state index >= 15 is 0 Å². The second-order valence-electron chi connectivity index (χ2n) is 7.24. The summed E-state index contributed by atoms with van der Waals surface area (Å²) in [4.78, 5) is 16.7. The number of aryl methyl sites for hydroxylation is 2. The highest BCUT2D eigenvalue weighted by molar-refractivity contribution is 5.92. The lowest BCUT2D eigenvalue weighted by Crippen LogP contribution is -2.20. The number of amides is 1. The van der Waals surface area contributed by atoms with Crippen molar-refractivity contribution in [2.75, 3.05) is 5.32 Å². The number of pyridine rings is 1. The van der Waals surface area contributed by atoms with Crippen molar-refractivity contribution in [2.24, 2.45) is 0 Å². The van der Waals surface area contributed by atoms with E-state index in [1.54, 1.807) is 12.1 Å². The molecular weight excluding hydrogens is 405 g/mol. The standard InChI is InChI=1S/C23H19F3N4O/c1-14-12-19(23(24,25)26)21-15(2)29-30(22(21)27-14)13-20(31)28-18-10-8-17(9-11-18)16-6-4-3-5-7-16/h3-12H,13H2,1-2H3,(H,28,31). The number of nitrogens with one attached hydrogen (secondary N) is 1. The van der Waals surface area contributed by atoms with Crippen LogP contribution in [0.1, 0.15) is 17.0 Å². The van der Waals surface area contributed by atoms with Crippen molar-refractivity contribution < 1.29 is 18.0 Å². The van der Waals surface area contributed by atoms with Gasteiger partial charge in [-0.15, -0.1) is 0 Å². The Morgan fingerprint density at radius 2 is 1.65 bits per heavy atom. The number of halogens is 3. The zero-order valence-corrected chi connectivity index (χ0v) is 16.9. The number of alkyl halides is 3. The number of nitrogens with zero attached hydrogens (tertiary/aromatic N) is 3. The molecule has 8 heteroatoms. The van der Waals surface area contributed by atoms with Gasteiger partial charge in [-0.05, 0) is 43.2 Å². The minimum absolute atomic E-state index is 0.0411. The average molecular weight is 424 g/mol. The first-order chi connectivity index (χ1) is 14.7. The third kappa shape index (κ3) is 4.28. The number of rotatable bonds is 4. The highest BCUT2D eigenvalue weighted by Crippen LogP contribution is 2.36. The highest BCUT2D eigenvalue weighted by Gasteiger charge is 2.35. The summed E-state index contributed by atoms with van der Waals surface area (Å²) in [6.45, 7) is 2.71.